The molecule has 6 heteroatoms. The minimum Gasteiger partial charge on any atom is -0.495 e. The van der Waals surface area contributed by atoms with Crippen molar-refractivity contribution in [3.63, 3.8) is 0 Å². The first-order valence-electron chi connectivity index (χ1n) is 9.55. The smallest absolute Gasteiger partial charge is 0.241 e. The lowest BCUT2D eigenvalue weighted by atomic mass is 10.2. The first kappa shape index (κ1) is 19.7. The lowest BCUT2D eigenvalue weighted by molar-refractivity contribution is -0.119. The maximum Gasteiger partial charge on any atom is 0.241 e. The van der Waals surface area contributed by atoms with Crippen LogP contribution in [0.5, 0.6) is 5.75 Å². The summed E-state index contributed by atoms with van der Waals surface area (Å²) >= 11 is 0. The third-order valence-corrected chi connectivity index (χ3v) is 4.97. The Balaban J connectivity index is 1.60. The van der Waals surface area contributed by atoms with Crippen LogP contribution in [0.4, 0.5) is 11.4 Å². The number of hydrogen-bond acceptors (Lipinski definition) is 5. The van der Waals surface area contributed by atoms with Gasteiger partial charge in [0.15, 0.2) is 0 Å². The van der Waals surface area contributed by atoms with Crippen LogP contribution in [0.15, 0.2) is 54.6 Å². The molecule has 0 saturated carbocycles. The Morgan fingerprint density at radius 2 is 1.75 bits per heavy atom. The summed E-state index contributed by atoms with van der Waals surface area (Å²) in [6, 6.07) is 19.7. The maximum atomic E-state index is 12.9. The molecule has 6 nitrogen and oxygen atoms in total. The van der Waals surface area contributed by atoms with Crippen molar-refractivity contribution in [3.05, 3.63) is 54.6 Å². The number of para-hydroxylation sites is 3. The third-order valence-electron chi connectivity index (χ3n) is 4.97. The normalized spacial score (nSPS) is 14.4. The monoisotopic (exact) mass is 378 g/mol. The summed E-state index contributed by atoms with van der Waals surface area (Å²) in [7, 11) is 1.69. The van der Waals surface area contributed by atoms with Crippen molar-refractivity contribution in [2.75, 3.05) is 56.2 Å². The largest absolute Gasteiger partial charge is 0.495 e. The van der Waals surface area contributed by atoms with Gasteiger partial charge in [-0.3, -0.25) is 9.69 Å². The predicted molar refractivity (Wildman–Crippen MR) is 111 cm³/mol. The summed E-state index contributed by atoms with van der Waals surface area (Å²) in [5, 5.41) is 8.93. The average molecular weight is 378 g/mol. The molecule has 1 amide bonds. The minimum atomic E-state index is 0.0344. The molecule has 0 N–H and O–H groups in total. The molecule has 0 bridgehead atoms. The van der Waals surface area contributed by atoms with Crippen LogP contribution >= 0.6 is 0 Å². The van der Waals surface area contributed by atoms with Gasteiger partial charge in [0.25, 0.3) is 0 Å². The van der Waals surface area contributed by atoms with Crippen LogP contribution in [-0.4, -0.2) is 57.2 Å². The first-order chi connectivity index (χ1) is 13.7. The Kier molecular flexibility index (Phi) is 6.88. The van der Waals surface area contributed by atoms with Gasteiger partial charge in [-0.15, -0.1) is 0 Å². The first-order valence-corrected chi connectivity index (χ1v) is 9.55. The maximum absolute atomic E-state index is 12.9. The highest BCUT2D eigenvalue weighted by Gasteiger charge is 2.23. The van der Waals surface area contributed by atoms with Gasteiger partial charge in [0.2, 0.25) is 5.91 Å². The molecule has 1 heterocycles. The van der Waals surface area contributed by atoms with Gasteiger partial charge in [0.05, 0.1) is 31.8 Å². The summed E-state index contributed by atoms with van der Waals surface area (Å²) < 4.78 is 5.47. The van der Waals surface area contributed by atoms with E-state index in [1.54, 1.807) is 12.0 Å². The average Bonchev–Trinajstić information content (AvgIpc) is 2.75. The molecule has 1 fully saturated rings. The fraction of sp³-hybridized carbons (Fsp3) is 0.364. The molecular formula is C22H26N4O2. The van der Waals surface area contributed by atoms with Gasteiger partial charge in [0, 0.05) is 38.4 Å². The summed E-state index contributed by atoms with van der Waals surface area (Å²) in [4.78, 5) is 19.1. The van der Waals surface area contributed by atoms with E-state index in [1.165, 1.54) is 0 Å². The molecule has 0 atom stereocenters. The fourth-order valence-corrected chi connectivity index (χ4v) is 3.48. The Hall–Kier alpha value is -3.04. The van der Waals surface area contributed by atoms with Gasteiger partial charge >= 0.3 is 0 Å². The Morgan fingerprint density at radius 1 is 1.07 bits per heavy atom. The second-order valence-corrected chi connectivity index (χ2v) is 6.72. The number of methoxy groups -OCH3 is 1. The molecule has 0 aliphatic carbocycles. The second kappa shape index (κ2) is 9.77. The van der Waals surface area contributed by atoms with Crippen molar-refractivity contribution in [1.29, 1.82) is 5.26 Å². The van der Waals surface area contributed by atoms with Gasteiger partial charge in [0.1, 0.15) is 5.75 Å². The number of rotatable bonds is 7. The summed E-state index contributed by atoms with van der Waals surface area (Å²) in [6.07, 6.45) is 0.322. The number of ether oxygens (including phenoxy) is 1. The Labute approximate surface area is 166 Å². The van der Waals surface area contributed by atoms with Crippen molar-refractivity contribution < 1.29 is 9.53 Å². The van der Waals surface area contributed by atoms with Crippen LogP contribution in [-0.2, 0) is 4.79 Å². The Morgan fingerprint density at radius 3 is 2.43 bits per heavy atom. The van der Waals surface area contributed by atoms with E-state index in [9.17, 15) is 4.79 Å². The molecule has 146 valence electrons. The number of amides is 1. The van der Waals surface area contributed by atoms with Gasteiger partial charge in [-0.05, 0) is 24.3 Å². The van der Waals surface area contributed by atoms with Crippen LogP contribution in [0.1, 0.15) is 6.42 Å². The van der Waals surface area contributed by atoms with Crippen LogP contribution in [0, 0.1) is 11.3 Å². The van der Waals surface area contributed by atoms with E-state index in [0.717, 1.165) is 43.3 Å². The number of nitriles is 1. The van der Waals surface area contributed by atoms with E-state index < -0.39 is 0 Å². The van der Waals surface area contributed by atoms with E-state index >= 15 is 0 Å². The van der Waals surface area contributed by atoms with E-state index in [0.29, 0.717) is 19.5 Å². The van der Waals surface area contributed by atoms with Gasteiger partial charge in [-0.2, -0.15) is 5.26 Å². The molecule has 1 aliphatic heterocycles. The molecule has 1 aliphatic rings. The zero-order chi connectivity index (χ0) is 19.8. The van der Waals surface area contributed by atoms with Gasteiger partial charge in [-0.25, -0.2) is 0 Å². The zero-order valence-electron chi connectivity index (χ0n) is 16.3. The zero-order valence-corrected chi connectivity index (χ0v) is 16.3. The van der Waals surface area contributed by atoms with Crippen molar-refractivity contribution in [3.8, 4) is 11.8 Å². The molecule has 2 aromatic carbocycles. The minimum absolute atomic E-state index is 0.0344. The van der Waals surface area contributed by atoms with Crippen molar-refractivity contribution in [1.82, 2.24) is 4.90 Å². The highest BCUT2D eigenvalue weighted by atomic mass is 16.5. The van der Waals surface area contributed by atoms with E-state index in [4.69, 9.17) is 10.00 Å². The topological polar surface area (TPSA) is 59.8 Å². The third kappa shape index (κ3) is 4.81. The summed E-state index contributed by atoms with van der Waals surface area (Å²) in [6.45, 7) is 4.09. The van der Waals surface area contributed by atoms with Crippen molar-refractivity contribution in [2.24, 2.45) is 0 Å². The van der Waals surface area contributed by atoms with Crippen LogP contribution in [0.2, 0.25) is 0 Å². The number of benzene rings is 2. The molecule has 1 saturated heterocycles. The van der Waals surface area contributed by atoms with E-state index in [-0.39, 0.29) is 5.91 Å². The standard InChI is InChI=1S/C22H26N4O2/c1-28-21-11-6-5-10-20(21)25-16-14-24(15-17-25)18-22(27)26(13-7-12-23)19-8-3-2-4-9-19/h2-6,8-11H,7,13-18H2,1H3. The van der Waals surface area contributed by atoms with E-state index in [2.05, 4.69) is 21.9 Å². The highest BCUT2D eigenvalue weighted by Crippen LogP contribution is 2.28. The van der Waals surface area contributed by atoms with Gasteiger partial charge < -0.3 is 14.5 Å². The van der Waals surface area contributed by atoms with Gasteiger partial charge in [-0.1, -0.05) is 30.3 Å². The highest BCUT2D eigenvalue weighted by molar-refractivity contribution is 5.94. The summed E-state index contributed by atoms with van der Waals surface area (Å²) in [5.74, 6) is 0.908. The van der Waals surface area contributed by atoms with E-state index in [1.807, 2.05) is 48.5 Å². The molecule has 0 unspecified atom stereocenters. The molecule has 0 spiro atoms. The molecule has 3 rings (SSSR count). The van der Waals surface area contributed by atoms with Crippen LogP contribution in [0.25, 0.3) is 0 Å². The number of piperazine rings is 1. The molecular weight excluding hydrogens is 352 g/mol. The quantitative estimate of drug-likeness (QED) is 0.741. The fourth-order valence-electron chi connectivity index (χ4n) is 3.48. The lowest BCUT2D eigenvalue weighted by Gasteiger charge is -2.37. The lowest BCUT2D eigenvalue weighted by Crippen LogP contribution is -2.50. The molecule has 28 heavy (non-hydrogen) atoms. The van der Waals surface area contributed by atoms with Crippen molar-refractivity contribution in [2.45, 2.75) is 6.42 Å². The van der Waals surface area contributed by atoms with Crippen molar-refractivity contribution >= 4 is 17.3 Å². The summed E-state index contributed by atoms with van der Waals surface area (Å²) in [5.41, 5.74) is 1.94. The number of anilines is 2. The SMILES string of the molecule is COc1ccccc1N1CCN(CC(=O)N(CCC#N)c2ccccc2)CC1. The van der Waals surface area contributed by atoms with Crippen LogP contribution < -0.4 is 14.5 Å². The van der Waals surface area contributed by atoms with Crippen LogP contribution in [0.3, 0.4) is 0 Å². The number of nitrogens with zero attached hydrogens (tertiary/aromatic N) is 4. The molecule has 0 radical (unpaired) electrons. The molecule has 2 aromatic rings. The Bertz CT molecular complexity index is 811. The number of hydrogen-bond donors (Lipinski definition) is 0. The number of carbonyl (C=O) groups is 1. The number of carbonyl (C=O) groups excluding carboxylic acids is 1. The second-order valence-electron chi connectivity index (χ2n) is 6.72. The predicted octanol–water partition coefficient (Wildman–Crippen LogP) is 2.76. The molecule has 0 aromatic heterocycles.